The average Bonchev–Trinajstić information content (AvgIpc) is 2.90. The molecule has 2 aliphatic heterocycles. The molecule has 2 aromatic rings. The molecule has 1 N–H and O–H groups in total. The van der Waals surface area contributed by atoms with Crippen LogP contribution in [-0.2, 0) is 18.8 Å². The van der Waals surface area contributed by atoms with Crippen molar-refractivity contribution in [3.63, 3.8) is 0 Å². The Morgan fingerprint density at radius 2 is 1.41 bits per heavy atom. The van der Waals surface area contributed by atoms with Crippen LogP contribution in [0.15, 0.2) is 36.4 Å². The largest absolute Gasteiger partial charge is 0.416 e. The quantitative estimate of drug-likeness (QED) is 0.247. The van der Waals surface area contributed by atoms with Crippen molar-refractivity contribution in [1.82, 2.24) is 15.1 Å². The molecule has 0 radical (unpaired) electrons. The number of hydrogen-bond donors (Lipinski definition) is 1. The number of halogens is 8. The number of likely N-dealkylation sites (tertiary alicyclic amines) is 2. The molecule has 0 aliphatic carbocycles. The monoisotopic (exact) mass is 595 g/mol. The first-order valence-electron chi connectivity index (χ1n) is 13.3. The maximum Gasteiger partial charge on any atom is 0.416 e. The van der Waals surface area contributed by atoms with E-state index >= 15 is 0 Å². The van der Waals surface area contributed by atoms with Crippen LogP contribution in [0.3, 0.4) is 0 Å². The van der Waals surface area contributed by atoms with Gasteiger partial charge in [0.2, 0.25) is 0 Å². The van der Waals surface area contributed by atoms with E-state index in [1.54, 1.807) is 6.07 Å². The van der Waals surface area contributed by atoms with Gasteiger partial charge in [-0.25, -0.2) is 0 Å². The number of alkyl halides is 6. The van der Waals surface area contributed by atoms with E-state index in [9.17, 15) is 26.3 Å². The molecule has 2 aliphatic rings. The number of hydrogen-bond acceptors (Lipinski definition) is 3. The van der Waals surface area contributed by atoms with Gasteiger partial charge in [0.15, 0.2) is 0 Å². The number of rotatable bonds is 8. The van der Waals surface area contributed by atoms with Crippen molar-refractivity contribution in [3.05, 3.63) is 68.7 Å². The summed E-state index contributed by atoms with van der Waals surface area (Å²) in [5.74, 6) is 0. The zero-order valence-corrected chi connectivity index (χ0v) is 23.0. The van der Waals surface area contributed by atoms with Crippen molar-refractivity contribution in [2.75, 3.05) is 39.3 Å². The highest BCUT2D eigenvalue weighted by atomic mass is 35.5. The van der Waals surface area contributed by atoms with Crippen molar-refractivity contribution in [2.24, 2.45) is 0 Å². The van der Waals surface area contributed by atoms with Crippen molar-refractivity contribution in [1.29, 1.82) is 0 Å². The van der Waals surface area contributed by atoms with Gasteiger partial charge in [-0.2, -0.15) is 26.3 Å². The van der Waals surface area contributed by atoms with E-state index in [0.717, 1.165) is 56.7 Å². The van der Waals surface area contributed by atoms with Gasteiger partial charge in [-0.15, -0.1) is 0 Å². The number of nitrogens with zero attached hydrogens (tertiary/aromatic N) is 2. The highest BCUT2D eigenvalue weighted by molar-refractivity contribution is 6.42. The predicted octanol–water partition coefficient (Wildman–Crippen LogP) is 7.85. The summed E-state index contributed by atoms with van der Waals surface area (Å²) in [4.78, 5) is 4.97. The number of piperidine rings is 2. The Balaban J connectivity index is 1.42. The van der Waals surface area contributed by atoms with E-state index in [2.05, 4.69) is 15.1 Å². The molecule has 216 valence electrons. The molecule has 0 spiro atoms. The van der Waals surface area contributed by atoms with E-state index in [1.165, 1.54) is 19.3 Å². The molecule has 2 heterocycles. The lowest BCUT2D eigenvalue weighted by Gasteiger charge is -2.43. The highest BCUT2D eigenvalue weighted by Crippen LogP contribution is 2.36. The summed E-state index contributed by atoms with van der Waals surface area (Å²) in [7, 11) is 0. The van der Waals surface area contributed by atoms with Crippen molar-refractivity contribution >= 4 is 23.2 Å². The Hall–Kier alpha value is -1.52. The summed E-state index contributed by atoms with van der Waals surface area (Å²) < 4.78 is 79.3. The summed E-state index contributed by atoms with van der Waals surface area (Å²) in [5.41, 5.74) is -1.64. The van der Waals surface area contributed by atoms with Crippen LogP contribution in [0.25, 0.3) is 0 Å². The van der Waals surface area contributed by atoms with E-state index in [1.807, 2.05) is 12.1 Å². The summed E-state index contributed by atoms with van der Waals surface area (Å²) in [6.45, 7) is 4.76. The van der Waals surface area contributed by atoms with Crippen LogP contribution in [0.1, 0.15) is 60.4 Å². The van der Waals surface area contributed by atoms with Crippen LogP contribution in [0, 0.1) is 0 Å². The summed E-state index contributed by atoms with van der Waals surface area (Å²) in [6.07, 6.45) is -3.83. The van der Waals surface area contributed by atoms with Gasteiger partial charge in [0.25, 0.3) is 0 Å². The minimum atomic E-state index is -4.86. The molecule has 4 rings (SSSR count). The molecular formula is C28H33Cl2F6N3. The molecule has 39 heavy (non-hydrogen) atoms. The standard InChI is InChI=1S/C28H33Cl2F6N3/c29-24-5-4-20(16-25(24)30)26(39-12-7-23(8-13-39)38-10-2-1-3-11-38)18-37-9-6-19-14-21(27(31,32)33)17-22(15-19)28(34,35)36/h4-5,14-17,23,26,37H,1-3,6-13,18H2. The molecule has 1 atom stereocenters. The van der Waals surface area contributed by atoms with Gasteiger partial charge in [-0.05, 0) is 93.2 Å². The van der Waals surface area contributed by atoms with Gasteiger partial charge < -0.3 is 10.2 Å². The second kappa shape index (κ2) is 13.0. The third-order valence-electron chi connectivity index (χ3n) is 7.75. The fourth-order valence-electron chi connectivity index (χ4n) is 5.66. The molecule has 2 saturated heterocycles. The van der Waals surface area contributed by atoms with Crippen LogP contribution in [0.2, 0.25) is 10.0 Å². The molecular weight excluding hydrogens is 563 g/mol. The highest BCUT2D eigenvalue weighted by Gasteiger charge is 2.37. The average molecular weight is 596 g/mol. The van der Waals surface area contributed by atoms with Crippen LogP contribution in [0.5, 0.6) is 0 Å². The molecule has 2 aromatic carbocycles. The smallest absolute Gasteiger partial charge is 0.314 e. The van der Waals surface area contributed by atoms with Gasteiger partial charge in [0, 0.05) is 31.7 Å². The van der Waals surface area contributed by atoms with Crippen LogP contribution >= 0.6 is 23.2 Å². The lowest BCUT2D eigenvalue weighted by Crippen LogP contribution is -2.48. The SMILES string of the molecule is FC(F)(F)c1cc(CCNCC(c2ccc(Cl)c(Cl)c2)N2CCC(N3CCCCC3)CC2)cc(C(F)(F)F)c1. The molecule has 2 fully saturated rings. The lowest BCUT2D eigenvalue weighted by atomic mass is 9.96. The second-order valence-electron chi connectivity index (χ2n) is 10.4. The predicted molar refractivity (Wildman–Crippen MR) is 142 cm³/mol. The normalized spacial score (nSPS) is 19.4. The van der Waals surface area contributed by atoms with E-state index < -0.39 is 23.5 Å². The maximum absolute atomic E-state index is 13.2. The van der Waals surface area contributed by atoms with Crippen LogP contribution < -0.4 is 5.32 Å². The first kappa shape index (κ1) is 30.4. The zero-order chi connectivity index (χ0) is 28.2. The molecule has 0 aromatic heterocycles. The fraction of sp³-hybridized carbons (Fsp3) is 0.571. The van der Waals surface area contributed by atoms with Crippen molar-refractivity contribution in [2.45, 2.75) is 63.0 Å². The number of nitrogens with one attached hydrogen (secondary N) is 1. The molecule has 0 amide bonds. The Morgan fingerprint density at radius 1 is 0.795 bits per heavy atom. The van der Waals surface area contributed by atoms with Gasteiger partial charge in [-0.1, -0.05) is 35.7 Å². The third kappa shape index (κ3) is 8.26. The van der Waals surface area contributed by atoms with Gasteiger partial charge in [0.05, 0.1) is 21.2 Å². The molecule has 0 saturated carbocycles. The van der Waals surface area contributed by atoms with Gasteiger partial charge >= 0.3 is 12.4 Å². The molecule has 11 heteroatoms. The summed E-state index contributed by atoms with van der Waals surface area (Å²) in [6, 6.07) is 7.73. The Kier molecular flexibility index (Phi) is 10.1. The van der Waals surface area contributed by atoms with E-state index in [0.29, 0.717) is 22.6 Å². The van der Waals surface area contributed by atoms with Crippen molar-refractivity contribution in [3.8, 4) is 0 Å². The second-order valence-corrected chi connectivity index (χ2v) is 11.2. The Bertz CT molecular complexity index is 1060. The Morgan fingerprint density at radius 3 is 1.97 bits per heavy atom. The summed E-state index contributed by atoms with van der Waals surface area (Å²) >= 11 is 12.4. The third-order valence-corrected chi connectivity index (χ3v) is 8.49. The Labute approximate surface area is 235 Å². The topological polar surface area (TPSA) is 18.5 Å². The fourth-order valence-corrected chi connectivity index (χ4v) is 5.97. The molecule has 3 nitrogen and oxygen atoms in total. The maximum atomic E-state index is 13.2. The lowest BCUT2D eigenvalue weighted by molar-refractivity contribution is -0.143. The van der Waals surface area contributed by atoms with Crippen LogP contribution in [-0.4, -0.2) is 55.1 Å². The molecule has 1 unspecified atom stereocenters. The minimum Gasteiger partial charge on any atom is -0.314 e. The summed E-state index contributed by atoms with van der Waals surface area (Å²) in [5, 5.41) is 4.15. The van der Waals surface area contributed by atoms with Gasteiger partial charge in [-0.3, -0.25) is 4.90 Å². The van der Waals surface area contributed by atoms with E-state index in [-0.39, 0.29) is 30.6 Å². The van der Waals surface area contributed by atoms with E-state index in [4.69, 9.17) is 23.2 Å². The molecule has 0 bridgehead atoms. The first-order valence-corrected chi connectivity index (χ1v) is 14.1. The number of benzene rings is 2. The zero-order valence-electron chi connectivity index (χ0n) is 21.5. The van der Waals surface area contributed by atoms with Crippen LogP contribution in [0.4, 0.5) is 26.3 Å². The van der Waals surface area contributed by atoms with Crippen molar-refractivity contribution < 1.29 is 26.3 Å². The minimum absolute atomic E-state index is 0.0157. The first-order chi connectivity index (χ1) is 18.4. The van der Waals surface area contributed by atoms with Gasteiger partial charge in [0.1, 0.15) is 0 Å².